The zero-order valence-corrected chi connectivity index (χ0v) is 26.4. The third-order valence-corrected chi connectivity index (χ3v) is 12.4. The largest absolute Gasteiger partial charge is 0.309 e. The molecule has 8 aromatic rings. The van der Waals surface area contributed by atoms with Crippen molar-refractivity contribution in [1.29, 1.82) is 0 Å². The van der Waals surface area contributed by atoms with Crippen molar-refractivity contribution in [2.24, 2.45) is 17.8 Å². The van der Waals surface area contributed by atoms with Gasteiger partial charge in [0.1, 0.15) is 0 Å². The van der Waals surface area contributed by atoms with Gasteiger partial charge in [0.15, 0.2) is 0 Å². The van der Waals surface area contributed by atoms with Crippen molar-refractivity contribution in [1.82, 2.24) is 9.13 Å². The van der Waals surface area contributed by atoms with Gasteiger partial charge in [-0.25, -0.2) is 0 Å². The van der Waals surface area contributed by atoms with Crippen molar-refractivity contribution < 1.29 is 0 Å². The Kier molecular flexibility index (Phi) is 5.25. The van der Waals surface area contributed by atoms with Crippen molar-refractivity contribution >= 4 is 43.6 Å². The average Bonchev–Trinajstić information content (AvgIpc) is 3.81. The Morgan fingerprint density at radius 2 is 0.979 bits per heavy atom. The molecule has 4 aliphatic carbocycles. The molecule has 0 spiro atoms. The molecule has 0 amide bonds. The van der Waals surface area contributed by atoms with E-state index in [0.29, 0.717) is 5.41 Å². The van der Waals surface area contributed by atoms with Gasteiger partial charge in [0.25, 0.3) is 0 Å². The van der Waals surface area contributed by atoms with Crippen molar-refractivity contribution in [3.05, 3.63) is 145 Å². The van der Waals surface area contributed by atoms with Crippen molar-refractivity contribution in [3.63, 3.8) is 0 Å². The van der Waals surface area contributed by atoms with Crippen LogP contribution in [0.5, 0.6) is 0 Å². The fourth-order valence-electron chi connectivity index (χ4n) is 10.6. The van der Waals surface area contributed by atoms with Crippen LogP contribution in [-0.4, -0.2) is 9.13 Å². The minimum atomic E-state index is 0.436. The lowest BCUT2D eigenvalue weighted by molar-refractivity contribution is 0.229. The van der Waals surface area contributed by atoms with Crippen LogP contribution in [0.1, 0.15) is 37.7 Å². The first-order valence-electron chi connectivity index (χ1n) is 17.5. The summed E-state index contributed by atoms with van der Waals surface area (Å²) in [5.74, 6) is 2.94. The molecule has 0 radical (unpaired) electrons. The molecule has 6 aromatic carbocycles. The fourth-order valence-corrected chi connectivity index (χ4v) is 10.6. The molecule has 2 aromatic heterocycles. The molecular weight excluding hydrogens is 569 g/mol. The highest BCUT2D eigenvalue weighted by Gasteiger charge is 2.56. The van der Waals surface area contributed by atoms with Crippen LogP contribution < -0.4 is 0 Å². The number of para-hydroxylation sites is 3. The second kappa shape index (κ2) is 9.48. The first-order chi connectivity index (χ1) is 23.2. The topological polar surface area (TPSA) is 9.86 Å². The van der Waals surface area contributed by atoms with E-state index in [2.05, 4.69) is 149 Å². The quantitative estimate of drug-likeness (QED) is 0.189. The molecule has 4 saturated carbocycles. The van der Waals surface area contributed by atoms with E-state index in [1.54, 1.807) is 5.56 Å². The van der Waals surface area contributed by atoms with Gasteiger partial charge in [-0.15, -0.1) is 0 Å². The molecule has 4 aliphatic rings. The standard InChI is InChI=1S/C45H36N2/c1-2-8-35(9-3-1)46-42-13-7-5-11-38(42)40-24-30(15-21-43(40)46)31-14-20-39-37-10-4-6-12-41(37)47(44(39)25-31)36-18-16-34(17-19-36)45-26-29-22-32(27-45)33(23-29)28-45/h1-21,24-25,29,32-33H,22-23,26-28H2. The summed E-state index contributed by atoms with van der Waals surface area (Å²) in [6.45, 7) is 0. The summed E-state index contributed by atoms with van der Waals surface area (Å²) in [5.41, 5.74) is 12.0. The van der Waals surface area contributed by atoms with Crippen LogP contribution in [0.4, 0.5) is 0 Å². The molecular formula is C45H36N2. The van der Waals surface area contributed by atoms with Crippen LogP contribution in [0.25, 0.3) is 66.1 Å². The first kappa shape index (κ1) is 26.0. The van der Waals surface area contributed by atoms with E-state index in [-0.39, 0.29) is 0 Å². The maximum atomic E-state index is 2.49. The third kappa shape index (κ3) is 3.67. The van der Waals surface area contributed by atoms with Gasteiger partial charge in [-0.05, 0) is 127 Å². The van der Waals surface area contributed by atoms with Crippen LogP contribution in [0, 0.1) is 17.8 Å². The monoisotopic (exact) mass is 604 g/mol. The highest BCUT2D eigenvalue weighted by atomic mass is 15.0. The Labute approximate surface area is 274 Å². The summed E-state index contributed by atoms with van der Waals surface area (Å²) < 4.78 is 4.88. The fraction of sp³-hybridized carbons (Fsp3) is 0.200. The number of hydrogen-bond acceptors (Lipinski definition) is 0. The van der Waals surface area contributed by atoms with E-state index in [1.165, 1.54) is 98.2 Å². The SMILES string of the molecule is c1ccc(-n2c3ccccc3c3cc(-c4ccc5c6ccccc6n(-c6ccc(C78CC9CC(C7)C(C9)C8)cc6)c5c4)ccc32)cc1. The Morgan fingerprint density at radius 1 is 0.426 bits per heavy atom. The predicted molar refractivity (Wildman–Crippen MR) is 196 cm³/mol. The summed E-state index contributed by atoms with van der Waals surface area (Å²) >= 11 is 0. The van der Waals surface area contributed by atoms with Gasteiger partial charge in [-0.2, -0.15) is 0 Å². The average molecular weight is 605 g/mol. The molecule has 0 aliphatic heterocycles. The molecule has 0 N–H and O–H groups in total. The summed E-state index contributed by atoms with van der Waals surface area (Å²) in [5, 5.41) is 5.18. The van der Waals surface area contributed by atoms with E-state index < -0.39 is 0 Å². The van der Waals surface area contributed by atoms with Crippen LogP contribution in [0.3, 0.4) is 0 Å². The zero-order valence-electron chi connectivity index (χ0n) is 26.4. The molecule has 2 heterocycles. The van der Waals surface area contributed by atoms with Gasteiger partial charge in [0, 0.05) is 32.9 Å². The molecule has 2 atom stereocenters. The van der Waals surface area contributed by atoms with E-state index in [9.17, 15) is 0 Å². The molecule has 226 valence electrons. The number of hydrogen-bond donors (Lipinski definition) is 0. The van der Waals surface area contributed by atoms with E-state index >= 15 is 0 Å². The molecule has 2 nitrogen and oxygen atoms in total. The lowest BCUT2D eigenvalue weighted by atomic mass is 9.66. The minimum Gasteiger partial charge on any atom is -0.309 e. The third-order valence-electron chi connectivity index (χ3n) is 12.4. The van der Waals surface area contributed by atoms with Gasteiger partial charge in [0.2, 0.25) is 0 Å². The summed E-state index contributed by atoms with van der Waals surface area (Å²) in [6.07, 6.45) is 7.24. The second-order valence-electron chi connectivity index (χ2n) is 14.8. The van der Waals surface area contributed by atoms with E-state index in [1.807, 2.05) is 0 Å². The van der Waals surface area contributed by atoms with Crippen LogP contribution in [0.2, 0.25) is 0 Å². The predicted octanol–water partition coefficient (Wildman–Crippen LogP) is 11.6. The number of benzene rings is 6. The van der Waals surface area contributed by atoms with Gasteiger partial charge in [0.05, 0.1) is 22.1 Å². The molecule has 4 bridgehead atoms. The molecule has 2 heteroatoms. The Bertz CT molecular complexity index is 2490. The summed E-state index contributed by atoms with van der Waals surface area (Å²) in [4.78, 5) is 0. The van der Waals surface area contributed by atoms with Crippen LogP contribution in [0.15, 0.2) is 140 Å². The number of rotatable bonds is 4. The van der Waals surface area contributed by atoms with Crippen molar-refractivity contribution in [3.8, 4) is 22.5 Å². The first-order valence-corrected chi connectivity index (χ1v) is 17.5. The Hall–Kier alpha value is -5.08. The van der Waals surface area contributed by atoms with Crippen LogP contribution in [-0.2, 0) is 5.41 Å². The normalized spacial score (nSPS) is 23.2. The summed E-state index contributed by atoms with van der Waals surface area (Å²) in [6, 6.07) is 52.2. The smallest absolute Gasteiger partial charge is 0.0547 e. The maximum absolute atomic E-state index is 2.49. The number of fused-ring (bicyclic) bond motifs is 6. The maximum Gasteiger partial charge on any atom is 0.0547 e. The van der Waals surface area contributed by atoms with Crippen LogP contribution >= 0.6 is 0 Å². The lowest BCUT2D eigenvalue weighted by Crippen LogP contribution is -2.31. The van der Waals surface area contributed by atoms with E-state index in [0.717, 1.165) is 17.8 Å². The lowest BCUT2D eigenvalue weighted by Gasteiger charge is -2.39. The number of aromatic nitrogens is 2. The summed E-state index contributed by atoms with van der Waals surface area (Å²) in [7, 11) is 0. The highest BCUT2D eigenvalue weighted by molar-refractivity contribution is 6.12. The molecule has 0 saturated heterocycles. The van der Waals surface area contributed by atoms with Crippen molar-refractivity contribution in [2.75, 3.05) is 0 Å². The highest BCUT2D eigenvalue weighted by Crippen LogP contribution is 2.64. The number of nitrogens with zero attached hydrogens (tertiary/aromatic N) is 2. The molecule has 12 rings (SSSR count). The van der Waals surface area contributed by atoms with E-state index in [4.69, 9.17) is 0 Å². The van der Waals surface area contributed by atoms with Gasteiger partial charge in [-0.3, -0.25) is 0 Å². The van der Waals surface area contributed by atoms with Gasteiger partial charge in [-0.1, -0.05) is 84.9 Å². The van der Waals surface area contributed by atoms with Crippen molar-refractivity contribution in [2.45, 2.75) is 37.5 Å². The molecule has 2 unspecified atom stereocenters. The minimum absolute atomic E-state index is 0.436. The molecule has 4 fully saturated rings. The van der Waals surface area contributed by atoms with Gasteiger partial charge < -0.3 is 9.13 Å². The zero-order chi connectivity index (χ0) is 30.7. The second-order valence-corrected chi connectivity index (χ2v) is 14.8. The Balaban J connectivity index is 1.06. The molecule has 47 heavy (non-hydrogen) atoms. The van der Waals surface area contributed by atoms with Gasteiger partial charge >= 0.3 is 0 Å². The Morgan fingerprint density at radius 3 is 1.70 bits per heavy atom.